The number of fused-ring (bicyclic) bond motifs is 2. The van der Waals surface area contributed by atoms with Gasteiger partial charge in [0.1, 0.15) is 16.4 Å². The van der Waals surface area contributed by atoms with Gasteiger partial charge in [-0.3, -0.25) is 0 Å². The molecular formula is C16H8FNO2S. The van der Waals surface area contributed by atoms with Gasteiger partial charge in [0.05, 0.1) is 15.8 Å². The summed E-state index contributed by atoms with van der Waals surface area (Å²) in [7, 11) is 0. The molecule has 2 aromatic heterocycles. The number of aromatic nitrogens is 1. The number of benzene rings is 2. The summed E-state index contributed by atoms with van der Waals surface area (Å²) in [6.45, 7) is 0. The number of thiazole rings is 1. The second kappa shape index (κ2) is 4.49. The Kier molecular flexibility index (Phi) is 2.62. The van der Waals surface area contributed by atoms with Gasteiger partial charge in [-0.25, -0.2) is 14.2 Å². The number of hydrogen-bond donors (Lipinski definition) is 0. The minimum atomic E-state index is -0.507. The highest BCUT2D eigenvalue weighted by molar-refractivity contribution is 7.21. The molecule has 4 aromatic rings. The fourth-order valence-corrected chi connectivity index (χ4v) is 3.19. The van der Waals surface area contributed by atoms with Crippen molar-refractivity contribution in [2.45, 2.75) is 0 Å². The Hall–Kier alpha value is -2.53. The summed E-state index contributed by atoms with van der Waals surface area (Å²) in [4.78, 5) is 16.6. The lowest BCUT2D eigenvalue weighted by molar-refractivity contribution is 0.556. The van der Waals surface area contributed by atoms with Crippen molar-refractivity contribution in [1.82, 2.24) is 4.98 Å². The summed E-state index contributed by atoms with van der Waals surface area (Å²) < 4.78 is 19.4. The van der Waals surface area contributed by atoms with Crippen molar-refractivity contribution in [3.63, 3.8) is 0 Å². The van der Waals surface area contributed by atoms with E-state index >= 15 is 0 Å². The quantitative estimate of drug-likeness (QED) is 0.494. The lowest BCUT2D eigenvalue weighted by Gasteiger charge is -1.99. The third-order valence-electron chi connectivity index (χ3n) is 3.22. The van der Waals surface area contributed by atoms with E-state index in [9.17, 15) is 9.18 Å². The molecule has 21 heavy (non-hydrogen) atoms. The Morgan fingerprint density at radius 1 is 1.10 bits per heavy atom. The molecule has 0 radical (unpaired) electrons. The molecule has 2 heterocycles. The van der Waals surface area contributed by atoms with Gasteiger partial charge < -0.3 is 4.42 Å². The van der Waals surface area contributed by atoms with Gasteiger partial charge >= 0.3 is 5.63 Å². The second-order valence-electron chi connectivity index (χ2n) is 4.62. The van der Waals surface area contributed by atoms with Crippen LogP contribution in [0.3, 0.4) is 0 Å². The molecule has 0 aliphatic heterocycles. The van der Waals surface area contributed by atoms with Crippen molar-refractivity contribution < 1.29 is 8.81 Å². The summed E-state index contributed by atoms with van der Waals surface area (Å²) in [5, 5.41) is 1.28. The first-order chi connectivity index (χ1) is 10.2. The average molecular weight is 297 g/mol. The number of hydrogen-bond acceptors (Lipinski definition) is 4. The largest absolute Gasteiger partial charge is 0.422 e. The van der Waals surface area contributed by atoms with Gasteiger partial charge in [-0.15, -0.1) is 11.3 Å². The highest BCUT2D eigenvalue weighted by atomic mass is 32.1. The van der Waals surface area contributed by atoms with Gasteiger partial charge in [0.15, 0.2) is 0 Å². The molecule has 0 unspecified atom stereocenters. The zero-order valence-electron chi connectivity index (χ0n) is 10.7. The predicted molar refractivity (Wildman–Crippen MR) is 81.1 cm³/mol. The van der Waals surface area contributed by atoms with Crippen LogP contribution in [0.25, 0.3) is 31.8 Å². The van der Waals surface area contributed by atoms with Crippen molar-refractivity contribution in [2.24, 2.45) is 0 Å². The molecule has 3 nitrogen and oxygen atoms in total. The Morgan fingerprint density at radius 3 is 2.81 bits per heavy atom. The van der Waals surface area contributed by atoms with Crippen molar-refractivity contribution in [2.75, 3.05) is 0 Å². The molecule has 0 saturated heterocycles. The number of rotatable bonds is 1. The van der Waals surface area contributed by atoms with E-state index in [2.05, 4.69) is 4.98 Å². The van der Waals surface area contributed by atoms with E-state index < -0.39 is 11.4 Å². The van der Waals surface area contributed by atoms with E-state index in [0.29, 0.717) is 16.0 Å². The Bertz CT molecular complexity index is 1000. The minimum Gasteiger partial charge on any atom is -0.422 e. The van der Waals surface area contributed by atoms with Crippen LogP contribution in [0.15, 0.2) is 57.7 Å². The molecule has 0 saturated carbocycles. The standard InChI is InChI=1S/C16H8FNO2S/c17-10-6-5-9-7-11(16(19)20-13(9)8-10)15-18-12-3-1-2-4-14(12)21-15/h1-8H. The fourth-order valence-electron chi connectivity index (χ4n) is 2.22. The zero-order valence-corrected chi connectivity index (χ0v) is 11.5. The van der Waals surface area contributed by atoms with Crippen LogP contribution in [0.5, 0.6) is 0 Å². The van der Waals surface area contributed by atoms with Gasteiger partial charge in [0.2, 0.25) is 0 Å². The van der Waals surface area contributed by atoms with Gasteiger partial charge in [0.25, 0.3) is 0 Å². The summed E-state index contributed by atoms with van der Waals surface area (Å²) in [5.74, 6) is -0.432. The Labute approximate surface area is 122 Å². The van der Waals surface area contributed by atoms with Crippen molar-refractivity contribution in [3.8, 4) is 10.6 Å². The summed E-state index contributed by atoms with van der Waals surface area (Å²) in [6.07, 6.45) is 0. The molecule has 0 aliphatic rings. The third-order valence-corrected chi connectivity index (χ3v) is 4.29. The van der Waals surface area contributed by atoms with Crippen molar-refractivity contribution >= 4 is 32.5 Å². The maximum absolute atomic E-state index is 13.2. The van der Waals surface area contributed by atoms with Crippen molar-refractivity contribution in [3.05, 3.63) is 64.8 Å². The second-order valence-corrected chi connectivity index (χ2v) is 5.65. The van der Waals surface area contributed by atoms with Gasteiger partial charge in [-0.2, -0.15) is 0 Å². The Balaban J connectivity index is 1.99. The number of para-hydroxylation sites is 1. The molecule has 0 atom stereocenters. The van der Waals surface area contributed by atoms with E-state index in [1.165, 1.54) is 23.5 Å². The molecule has 0 aliphatic carbocycles. The fraction of sp³-hybridized carbons (Fsp3) is 0. The molecule has 4 rings (SSSR count). The molecule has 0 N–H and O–H groups in total. The topological polar surface area (TPSA) is 43.1 Å². The summed E-state index contributed by atoms with van der Waals surface area (Å²) in [5.41, 5.74) is 0.975. The SMILES string of the molecule is O=c1oc2cc(F)ccc2cc1-c1nc2ccccc2s1. The molecule has 0 spiro atoms. The van der Waals surface area contributed by atoms with Crippen LogP contribution in [-0.2, 0) is 0 Å². The van der Waals surface area contributed by atoms with Crippen LogP contribution >= 0.6 is 11.3 Å². The van der Waals surface area contributed by atoms with Crippen LogP contribution < -0.4 is 5.63 Å². The van der Waals surface area contributed by atoms with E-state index in [1.54, 1.807) is 12.1 Å². The van der Waals surface area contributed by atoms with Crippen LogP contribution in [0, 0.1) is 5.82 Å². The monoisotopic (exact) mass is 297 g/mol. The Morgan fingerprint density at radius 2 is 1.95 bits per heavy atom. The predicted octanol–water partition coefficient (Wildman–Crippen LogP) is 4.21. The molecule has 0 bridgehead atoms. The van der Waals surface area contributed by atoms with E-state index in [0.717, 1.165) is 10.2 Å². The van der Waals surface area contributed by atoms with Crippen molar-refractivity contribution in [1.29, 1.82) is 0 Å². The first-order valence-electron chi connectivity index (χ1n) is 6.30. The molecule has 0 amide bonds. The maximum Gasteiger partial charge on any atom is 0.346 e. The molecule has 102 valence electrons. The van der Waals surface area contributed by atoms with E-state index in [-0.39, 0.29) is 5.58 Å². The van der Waals surface area contributed by atoms with Gasteiger partial charge in [-0.1, -0.05) is 12.1 Å². The molecule has 0 fully saturated rings. The molecule has 2 aromatic carbocycles. The van der Waals surface area contributed by atoms with E-state index in [4.69, 9.17) is 4.42 Å². The lowest BCUT2D eigenvalue weighted by Crippen LogP contribution is -2.02. The normalized spacial score (nSPS) is 11.3. The lowest BCUT2D eigenvalue weighted by atomic mass is 10.2. The summed E-state index contributed by atoms with van der Waals surface area (Å²) in [6, 6.07) is 13.5. The van der Waals surface area contributed by atoms with Gasteiger partial charge in [0, 0.05) is 11.5 Å². The number of nitrogens with zero attached hydrogens (tertiary/aromatic N) is 1. The van der Waals surface area contributed by atoms with Crippen LogP contribution in [0.4, 0.5) is 4.39 Å². The first kappa shape index (κ1) is 12.2. The maximum atomic E-state index is 13.2. The molecule has 5 heteroatoms. The average Bonchev–Trinajstić information content (AvgIpc) is 2.90. The first-order valence-corrected chi connectivity index (χ1v) is 7.12. The van der Waals surface area contributed by atoms with Crippen LogP contribution in [0.1, 0.15) is 0 Å². The molecular weight excluding hydrogens is 289 g/mol. The highest BCUT2D eigenvalue weighted by Gasteiger charge is 2.12. The third kappa shape index (κ3) is 2.02. The van der Waals surface area contributed by atoms with Gasteiger partial charge in [-0.05, 0) is 30.3 Å². The van der Waals surface area contributed by atoms with E-state index in [1.807, 2.05) is 24.3 Å². The van der Waals surface area contributed by atoms with Crippen LogP contribution in [0.2, 0.25) is 0 Å². The summed E-state index contributed by atoms with van der Waals surface area (Å²) >= 11 is 1.43. The van der Waals surface area contributed by atoms with Crippen LogP contribution in [-0.4, -0.2) is 4.98 Å². The highest BCUT2D eigenvalue weighted by Crippen LogP contribution is 2.29. The zero-order chi connectivity index (χ0) is 14.4. The smallest absolute Gasteiger partial charge is 0.346 e. The minimum absolute atomic E-state index is 0.241. The number of halogens is 1.